The number of carbonyl (C=O) groups excluding carboxylic acids is 1. The fraction of sp³-hybridized carbons (Fsp3) is 0.0417. The van der Waals surface area contributed by atoms with Gasteiger partial charge in [0.1, 0.15) is 0 Å². The van der Waals surface area contributed by atoms with Gasteiger partial charge in [0, 0.05) is 53.9 Å². The van der Waals surface area contributed by atoms with Gasteiger partial charge in [0.15, 0.2) is 17.3 Å². The second-order valence-corrected chi connectivity index (χ2v) is 7.50. The highest BCUT2D eigenvalue weighted by molar-refractivity contribution is 6.04. The zero-order valence-corrected chi connectivity index (χ0v) is 18.3. The molecule has 5 heterocycles. The normalized spacial score (nSPS) is 11.3. The summed E-state index contributed by atoms with van der Waals surface area (Å²) in [5.41, 5.74) is 1.21. The number of pyridine rings is 3. The molecule has 0 bridgehead atoms. The maximum Gasteiger partial charge on any atom is 0.433 e. The number of hydrogen-bond donors (Lipinski definition) is 1. The molecule has 12 heteroatoms. The first kappa shape index (κ1) is 22.8. The Bertz CT molecular complexity index is 1500. The Hall–Kier alpha value is -5.00. The Morgan fingerprint density at radius 3 is 2.17 bits per heavy atom. The zero-order valence-electron chi connectivity index (χ0n) is 18.3. The van der Waals surface area contributed by atoms with Crippen LogP contribution < -0.4 is 5.32 Å². The number of aromatic nitrogens is 7. The maximum absolute atomic E-state index is 13.7. The molecule has 36 heavy (non-hydrogen) atoms. The third-order valence-corrected chi connectivity index (χ3v) is 5.06. The number of anilines is 1. The Morgan fingerprint density at radius 1 is 0.806 bits per heavy atom. The molecule has 0 saturated heterocycles. The Morgan fingerprint density at radius 2 is 1.53 bits per heavy atom. The van der Waals surface area contributed by atoms with Crippen molar-refractivity contribution >= 4 is 11.7 Å². The van der Waals surface area contributed by atoms with Crippen molar-refractivity contribution in [3.8, 4) is 28.2 Å². The summed E-state index contributed by atoms with van der Waals surface area (Å²) in [6.45, 7) is 0. The molecule has 5 aromatic heterocycles. The smallest absolute Gasteiger partial charge is 0.305 e. The van der Waals surface area contributed by atoms with Crippen LogP contribution in [0.2, 0.25) is 0 Å². The number of hydrogen-bond acceptors (Lipinski definition) is 7. The molecule has 0 aliphatic carbocycles. The molecule has 1 amide bonds. The van der Waals surface area contributed by atoms with Crippen LogP contribution in [0.3, 0.4) is 0 Å². The van der Waals surface area contributed by atoms with Gasteiger partial charge in [0.05, 0.1) is 11.3 Å². The molecule has 9 nitrogen and oxygen atoms in total. The SMILES string of the molecule is O=C(Nc1ccc(-n2nc(-c3cccnc3)cc2C(F)(F)F)nn1)c1cncc(-c2cccnc2)c1. The number of amides is 1. The van der Waals surface area contributed by atoms with Gasteiger partial charge in [-0.25, -0.2) is 4.68 Å². The Labute approximate surface area is 201 Å². The first-order valence-corrected chi connectivity index (χ1v) is 10.5. The van der Waals surface area contributed by atoms with E-state index in [9.17, 15) is 18.0 Å². The fourth-order valence-corrected chi connectivity index (χ4v) is 3.36. The van der Waals surface area contributed by atoms with Crippen molar-refractivity contribution in [3.05, 3.63) is 97.0 Å². The van der Waals surface area contributed by atoms with Crippen LogP contribution in [-0.4, -0.2) is 40.8 Å². The predicted octanol–water partition coefficient (Wildman–Crippen LogP) is 4.45. The number of carbonyl (C=O) groups is 1. The lowest BCUT2D eigenvalue weighted by atomic mass is 10.1. The van der Waals surface area contributed by atoms with Crippen LogP contribution >= 0.6 is 0 Å². The molecule has 0 spiro atoms. The summed E-state index contributed by atoms with van der Waals surface area (Å²) >= 11 is 0. The molecule has 0 radical (unpaired) electrons. The number of nitrogens with zero attached hydrogens (tertiary/aromatic N) is 7. The average molecular weight is 488 g/mol. The van der Waals surface area contributed by atoms with Crippen molar-refractivity contribution in [1.82, 2.24) is 34.9 Å². The van der Waals surface area contributed by atoms with Gasteiger partial charge in [0.25, 0.3) is 5.91 Å². The summed E-state index contributed by atoms with van der Waals surface area (Å²) in [6.07, 6.45) is 4.50. The van der Waals surface area contributed by atoms with Crippen LogP contribution in [-0.2, 0) is 6.18 Å². The van der Waals surface area contributed by atoms with Crippen molar-refractivity contribution in [3.63, 3.8) is 0 Å². The third kappa shape index (κ3) is 4.78. The van der Waals surface area contributed by atoms with E-state index in [1.54, 1.807) is 42.9 Å². The van der Waals surface area contributed by atoms with E-state index in [-0.39, 0.29) is 22.9 Å². The molecule has 0 atom stereocenters. The lowest BCUT2D eigenvalue weighted by Crippen LogP contribution is -2.16. The first-order chi connectivity index (χ1) is 17.4. The Balaban J connectivity index is 1.39. The molecular weight excluding hydrogens is 473 g/mol. The van der Waals surface area contributed by atoms with E-state index in [1.165, 1.54) is 30.7 Å². The van der Waals surface area contributed by atoms with Gasteiger partial charge in [-0.1, -0.05) is 6.07 Å². The van der Waals surface area contributed by atoms with Gasteiger partial charge < -0.3 is 5.32 Å². The van der Waals surface area contributed by atoms with E-state index in [4.69, 9.17) is 0 Å². The summed E-state index contributed by atoms with van der Waals surface area (Å²) < 4.78 is 41.7. The van der Waals surface area contributed by atoms with E-state index in [1.807, 2.05) is 6.07 Å². The number of rotatable bonds is 5. The van der Waals surface area contributed by atoms with Crippen LogP contribution in [0.4, 0.5) is 19.0 Å². The van der Waals surface area contributed by atoms with E-state index in [0.717, 1.165) is 11.6 Å². The van der Waals surface area contributed by atoms with Crippen molar-refractivity contribution in [2.75, 3.05) is 5.32 Å². The van der Waals surface area contributed by atoms with Gasteiger partial charge >= 0.3 is 6.18 Å². The second kappa shape index (κ2) is 9.33. The predicted molar refractivity (Wildman–Crippen MR) is 123 cm³/mol. The van der Waals surface area contributed by atoms with Crippen molar-refractivity contribution in [2.45, 2.75) is 6.18 Å². The average Bonchev–Trinajstić information content (AvgIpc) is 3.37. The monoisotopic (exact) mass is 488 g/mol. The molecule has 178 valence electrons. The molecule has 0 saturated carbocycles. The van der Waals surface area contributed by atoms with E-state index >= 15 is 0 Å². The van der Waals surface area contributed by atoms with Crippen LogP contribution in [0.25, 0.3) is 28.2 Å². The first-order valence-electron chi connectivity index (χ1n) is 10.5. The molecular formula is C24H15F3N8O. The van der Waals surface area contributed by atoms with Crippen LogP contribution in [0, 0.1) is 0 Å². The summed E-state index contributed by atoms with van der Waals surface area (Å²) in [6, 6.07) is 12.0. The van der Waals surface area contributed by atoms with Crippen molar-refractivity contribution < 1.29 is 18.0 Å². The highest BCUT2D eigenvalue weighted by atomic mass is 19.4. The molecule has 1 N–H and O–H groups in total. The second-order valence-electron chi connectivity index (χ2n) is 7.50. The largest absolute Gasteiger partial charge is 0.433 e. The standard InChI is InChI=1S/C24H15F3N8O/c25-24(26,27)20-10-19(16-4-2-8-29-12-16)34-35(20)22-6-5-21(32-33-22)31-23(36)18-9-17(13-30-14-18)15-3-1-7-28-11-15/h1-14H,(H,31,32,36). The molecule has 0 aromatic carbocycles. The molecule has 5 rings (SSSR count). The van der Waals surface area contributed by atoms with Gasteiger partial charge in [-0.05, 0) is 42.5 Å². The number of alkyl halides is 3. The molecule has 5 aromatic rings. The summed E-state index contributed by atoms with van der Waals surface area (Å²) in [7, 11) is 0. The quantitative estimate of drug-likeness (QED) is 0.389. The minimum atomic E-state index is -4.69. The van der Waals surface area contributed by atoms with Crippen molar-refractivity contribution in [1.29, 1.82) is 0 Å². The van der Waals surface area contributed by atoms with Crippen LogP contribution in [0.1, 0.15) is 16.1 Å². The number of halogens is 3. The fourth-order valence-electron chi connectivity index (χ4n) is 3.36. The maximum atomic E-state index is 13.7. The molecule has 0 fully saturated rings. The minimum absolute atomic E-state index is 0.0451. The van der Waals surface area contributed by atoms with Gasteiger partial charge in [0.2, 0.25) is 0 Å². The van der Waals surface area contributed by atoms with Gasteiger partial charge in [-0.2, -0.15) is 18.3 Å². The van der Waals surface area contributed by atoms with Gasteiger partial charge in [-0.3, -0.25) is 19.7 Å². The van der Waals surface area contributed by atoms with Crippen LogP contribution in [0.5, 0.6) is 0 Å². The molecule has 0 unspecified atom stereocenters. The summed E-state index contributed by atoms with van der Waals surface area (Å²) in [5.74, 6) is -0.636. The Kier molecular flexibility index (Phi) is 5.90. The highest BCUT2D eigenvalue weighted by Crippen LogP contribution is 2.33. The lowest BCUT2D eigenvalue weighted by Gasteiger charge is -2.09. The summed E-state index contributed by atoms with van der Waals surface area (Å²) in [4.78, 5) is 24.7. The molecule has 0 aliphatic heterocycles. The molecule has 0 aliphatic rings. The number of nitrogens with one attached hydrogen (secondary N) is 1. The van der Waals surface area contributed by atoms with E-state index < -0.39 is 17.8 Å². The van der Waals surface area contributed by atoms with E-state index in [0.29, 0.717) is 15.8 Å². The summed E-state index contributed by atoms with van der Waals surface area (Å²) in [5, 5.41) is 14.3. The third-order valence-electron chi connectivity index (χ3n) is 5.06. The van der Waals surface area contributed by atoms with E-state index in [2.05, 4.69) is 35.6 Å². The van der Waals surface area contributed by atoms with Gasteiger partial charge in [-0.15, -0.1) is 10.2 Å². The zero-order chi connectivity index (χ0) is 25.1. The van der Waals surface area contributed by atoms with Crippen LogP contribution in [0.15, 0.2) is 85.7 Å². The van der Waals surface area contributed by atoms with Crippen molar-refractivity contribution in [2.24, 2.45) is 0 Å². The minimum Gasteiger partial charge on any atom is -0.305 e. The highest BCUT2D eigenvalue weighted by Gasteiger charge is 2.37. The topological polar surface area (TPSA) is 111 Å². The lowest BCUT2D eigenvalue weighted by molar-refractivity contribution is -0.142.